The third-order valence-corrected chi connectivity index (χ3v) is 6.72. The van der Waals surface area contributed by atoms with Crippen molar-refractivity contribution >= 4 is 10.0 Å². The van der Waals surface area contributed by atoms with Crippen LogP contribution in [-0.4, -0.2) is 72.3 Å². The molecule has 6 nitrogen and oxygen atoms in total. The Morgan fingerprint density at radius 2 is 2.12 bits per heavy atom. The van der Waals surface area contributed by atoms with Gasteiger partial charge < -0.3 is 10.0 Å². The smallest absolute Gasteiger partial charge is 0.211 e. The molecule has 2 aliphatic rings. The van der Waals surface area contributed by atoms with Crippen LogP contribution in [0, 0.1) is 5.92 Å². The average Bonchev–Trinajstić information content (AvgIpc) is 2.54. The standard InChI is InChI=1S/C17H27N3O3S/c1-24(22,23)20-11-7-17(21)6-10-19(13-16(17)14-20)9-3-5-15-4-2-8-18-12-15/h2,4,8,12,16,21H,3,5-7,9-11,13-14H2,1H3/t16-,17-/m0/s1. The highest BCUT2D eigenvalue weighted by Gasteiger charge is 2.46. The fourth-order valence-corrected chi connectivity index (χ4v) is 4.77. The molecule has 1 aromatic rings. The zero-order valence-corrected chi connectivity index (χ0v) is 15.1. The van der Waals surface area contributed by atoms with Crippen LogP contribution in [0.5, 0.6) is 0 Å². The van der Waals surface area contributed by atoms with E-state index >= 15 is 0 Å². The number of likely N-dealkylation sites (tertiary alicyclic amines) is 1. The van der Waals surface area contributed by atoms with Crippen LogP contribution in [0.2, 0.25) is 0 Å². The van der Waals surface area contributed by atoms with Gasteiger partial charge in [-0.1, -0.05) is 6.07 Å². The lowest BCUT2D eigenvalue weighted by molar-refractivity contribution is -0.101. The number of piperidine rings is 2. The molecule has 2 aliphatic heterocycles. The van der Waals surface area contributed by atoms with Crippen LogP contribution < -0.4 is 0 Å². The van der Waals surface area contributed by atoms with Crippen LogP contribution in [-0.2, 0) is 16.4 Å². The summed E-state index contributed by atoms with van der Waals surface area (Å²) >= 11 is 0. The van der Waals surface area contributed by atoms with E-state index in [0.717, 1.165) is 38.9 Å². The zero-order valence-electron chi connectivity index (χ0n) is 14.3. The van der Waals surface area contributed by atoms with E-state index in [1.807, 2.05) is 12.3 Å². The predicted molar refractivity (Wildman–Crippen MR) is 93.1 cm³/mol. The van der Waals surface area contributed by atoms with Crippen molar-refractivity contribution in [2.45, 2.75) is 31.3 Å². The lowest BCUT2D eigenvalue weighted by atomic mass is 9.76. The van der Waals surface area contributed by atoms with E-state index in [1.165, 1.54) is 16.1 Å². The van der Waals surface area contributed by atoms with Crippen LogP contribution in [0.15, 0.2) is 24.5 Å². The van der Waals surface area contributed by atoms with E-state index < -0.39 is 15.6 Å². The molecule has 2 atom stereocenters. The van der Waals surface area contributed by atoms with Gasteiger partial charge in [0.1, 0.15) is 0 Å². The second-order valence-electron chi connectivity index (χ2n) is 7.19. The number of hydrogen-bond acceptors (Lipinski definition) is 5. The summed E-state index contributed by atoms with van der Waals surface area (Å²) in [6.45, 7) is 3.51. The lowest BCUT2D eigenvalue weighted by Gasteiger charge is -2.49. The van der Waals surface area contributed by atoms with Gasteiger partial charge in [0.05, 0.1) is 11.9 Å². The van der Waals surface area contributed by atoms with Gasteiger partial charge >= 0.3 is 0 Å². The molecule has 1 N–H and O–H groups in total. The number of aliphatic hydroxyl groups is 1. The fourth-order valence-electron chi connectivity index (χ4n) is 3.90. The van der Waals surface area contributed by atoms with Gasteiger partial charge in [-0.05, 0) is 43.9 Å². The minimum absolute atomic E-state index is 0.00752. The summed E-state index contributed by atoms with van der Waals surface area (Å²) in [5.74, 6) is 0.00752. The molecule has 3 heterocycles. The largest absolute Gasteiger partial charge is 0.389 e. The SMILES string of the molecule is CS(=O)(=O)N1CC[C@@]2(O)CCN(CCCc3cccnc3)C[C@H]2C1. The van der Waals surface area contributed by atoms with Crippen molar-refractivity contribution in [2.75, 3.05) is 39.0 Å². The molecular formula is C17H27N3O3S. The molecule has 0 saturated carbocycles. The molecule has 0 aromatic carbocycles. The Morgan fingerprint density at radius 1 is 1.33 bits per heavy atom. The van der Waals surface area contributed by atoms with Crippen LogP contribution in [0.3, 0.4) is 0 Å². The molecule has 0 spiro atoms. The monoisotopic (exact) mass is 353 g/mol. The Labute approximate surface area is 144 Å². The van der Waals surface area contributed by atoms with Gasteiger partial charge in [-0.15, -0.1) is 0 Å². The maximum atomic E-state index is 11.8. The fraction of sp³-hybridized carbons (Fsp3) is 0.706. The van der Waals surface area contributed by atoms with Crippen molar-refractivity contribution < 1.29 is 13.5 Å². The van der Waals surface area contributed by atoms with Crippen LogP contribution >= 0.6 is 0 Å². The Morgan fingerprint density at radius 3 is 2.83 bits per heavy atom. The Hall–Kier alpha value is -1.02. The van der Waals surface area contributed by atoms with E-state index in [9.17, 15) is 13.5 Å². The third kappa shape index (κ3) is 4.14. The number of sulfonamides is 1. The molecule has 0 radical (unpaired) electrons. The van der Waals surface area contributed by atoms with Crippen molar-refractivity contribution in [2.24, 2.45) is 5.92 Å². The molecule has 2 saturated heterocycles. The van der Waals surface area contributed by atoms with Crippen LogP contribution in [0.25, 0.3) is 0 Å². The summed E-state index contributed by atoms with van der Waals surface area (Å²) in [6, 6.07) is 4.05. The van der Waals surface area contributed by atoms with Crippen molar-refractivity contribution in [3.8, 4) is 0 Å². The summed E-state index contributed by atoms with van der Waals surface area (Å²) < 4.78 is 25.1. The zero-order chi connectivity index (χ0) is 17.2. The van der Waals surface area contributed by atoms with Gasteiger partial charge in [-0.25, -0.2) is 12.7 Å². The van der Waals surface area contributed by atoms with Gasteiger partial charge in [0.2, 0.25) is 10.0 Å². The lowest BCUT2D eigenvalue weighted by Crippen LogP contribution is -2.60. The number of rotatable bonds is 5. The number of pyridine rings is 1. The molecule has 0 bridgehead atoms. The first-order valence-corrected chi connectivity index (χ1v) is 10.5. The first kappa shape index (κ1) is 17.8. The molecule has 3 rings (SSSR count). The Balaban J connectivity index is 1.53. The Kier molecular flexibility index (Phi) is 5.24. The minimum atomic E-state index is -3.18. The summed E-state index contributed by atoms with van der Waals surface area (Å²) in [7, 11) is -3.18. The highest BCUT2D eigenvalue weighted by Crippen LogP contribution is 2.36. The van der Waals surface area contributed by atoms with Crippen molar-refractivity contribution in [3.63, 3.8) is 0 Å². The molecule has 1 aromatic heterocycles. The molecule has 0 aliphatic carbocycles. The normalized spacial score (nSPS) is 29.3. The molecule has 2 fully saturated rings. The van der Waals surface area contributed by atoms with Crippen LogP contribution in [0.1, 0.15) is 24.8 Å². The molecule has 134 valence electrons. The predicted octanol–water partition coefficient (Wildman–Crippen LogP) is 0.732. The minimum Gasteiger partial charge on any atom is -0.389 e. The number of fused-ring (bicyclic) bond motifs is 1. The topological polar surface area (TPSA) is 73.7 Å². The molecule has 0 amide bonds. The maximum Gasteiger partial charge on any atom is 0.211 e. The van der Waals surface area contributed by atoms with Crippen molar-refractivity contribution in [1.29, 1.82) is 0 Å². The van der Waals surface area contributed by atoms with Gasteiger partial charge in [0, 0.05) is 44.5 Å². The summed E-state index contributed by atoms with van der Waals surface area (Å²) in [4.78, 5) is 6.50. The number of aromatic nitrogens is 1. The van der Waals surface area contributed by atoms with E-state index in [1.54, 1.807) is 6.20 Å². The summed E-state index contributed by atoms with van der Waals surface area (Å²) in [5, 5.41) is 10.8. The second kappa shape index (κ2) is 7.07. The first-order chi connectivity index (χ1) is 11.4. The van der Waals surface area contributed by atoms with E-state index in [0.29, 0.717) is 19.5 Å². The average molecular weight is 353 g/mol. The summed E-state index contributed by atoms with van der Waals surface area (Å²) in [6.07, 6.45) is 8.27. The molecule has 7 heteroatoms. The maximum absolute atomic E-state index is 11.8. The molecular weight excluding hydrogens is 326 g/mol. The van der Waals surface area contributed by atoms with Gasteiger partial charge in [0.25, 0.3) is 0 Å². The van der Waals surface area contributed by atoms with Crippen LogP contribution in [0.4, 0.5) is 0 Å². The molecule has 0 unspecified atom stereocenters. The van der Waals surface area contributed by atoms with E-state index in [4.69, 9.17) is 0 Å². The van der Waals surface area contributed by atoms with E-state index in [-0.39, 0.29) is 5.92 Å². The van der Waals surface area contributed by atoms with Crippen molar-refractivity contribution in [3.05, 3.63) is 30.1 Å². The third-order valence-electron chi connectivity index (χ3n) is 5.45. The second-order valence-corrected chi connectivity index (χ2v) is 9.17. The van der Waals surface area contributed by atoms with Gasteiger partial charge in [0.15, 0.2) is 0 Å². The quantitative estimate of drug-likeness (QED) is 0.845. The van der Waals surface area contributed by atoms with E-state index in [2.05, 4.69) is 16.0 Å². The first-order valence-electron chi connectivity index (χ1n) is 8.66. The highest BCUT2D eigenvalue weighted by atomic mass is 32.2. The van der Waals surface area contributed by atoms with Gasteiger partial charge in [-0.3, -0.25) is 4.98 Å². The van der Waals surface area contributed by atoms with Crippen molar-refractivity contribution in [1.82, 2.24) is 14.2 Å². The van der Waals surface area contributed by atoms with Gasteiger partial charge in [-0.2, -0.15) is 0 Å². The highest BCUT2D eigenvalue weighted by molar-refractivity contribution is 7.88. The Bertz CT molecular complexity index is 652. The number of nitrogens with zero attached hydrogens (tertiary/aromatic N) is 3. The number of aryl methyl sites for hydroxylation is 1. The summed E-state index contributed by atoms with van der Waals surface area (Å²) in [5.41, 5.74) is 0.549. The number of hydrogen-bond donors (Lipinski definition) is 1. The molecule has 24 heavy (non-hydrogen) atoms.